The lowest BCUT2D eigenvalue weighted by molar-refractivity contribution is -0.141. The summed E-state index contributed by atoms with van der Waals surface area (Å²) in [6.07, 6.45) is 6.51. The molecular formula is C21H28O7. The Bertz CT molecular complexity index is 825. The van der Waals surface area contributed by atoms with Crippen LogP contribution in [0.2, 0.25) is 0 Å². The van der Waals surface area contributed by atoms with Crippen LogP contribution in [-0.4, -0.2) is 30.9 Å². The van der Waals surface area contributed by atoms with Gasteiger partial charge in [-0.15, -0.1) is 0 Å². The molecule has 154 valence electrons. The SMILES string of the molecule is CCCCCCCCOc1c(O)c2c(OCCOC(C)=O)cccc2oc1=O. The van der Waals surface area contributed by atoms with Crippen LogP contribution in [0, 0.1) is 0 Å². The number of carbonyl (C=O) groups is 1. The predicted molar refractivity (Wildman–Crippen MR) is 105 cm³/mol. The number of benzene rings is 1. The predicted octanol–water partition coefficient (Wildman–Crippen LogP) is 4.18. The summed E-state index contributed by atoms with van der Waals surface area (Å²) in [7, 11) is 0. The highest BCUT2D eigenvalue weighted by Crippen LogP contribution is 2.37. The molecule has 0 unspecified atom stereocenters. The lowest BCUT2D eigenvalue weighted by Gasteiger charge is -2.12. The zero-order valence-electron chi connectivity index (χ0n) is 16.5. The normalized spacial score (nSPS) is 10.8. The second-order valence-corrected chi connectivity index (χ2v) is 6.50. The fraction of sp³-hybridized carbons (Fsp3) is 0.524. The monoisotopic (exact) mass is 392 g/mol. The lowest BCUT2D eigenvalue weighted by atomic mass is 10.1. The molecule has 2 aromatic rings. The minimum Gasteiger partial charge on any atom is -0.503 e. The third-order valence-corrected chi connectivity index (χ3v) is 4.22. The molecule has 0 bridgehead atoms. The van der Waals surface area contributed by atoms with Crippen molar-refractivity contribution in [2.24, 2.45) is 0 Å². The largest absolute Gasteiger partial charge is 0.503 e. The van der Waals surface area contributed by atoms with E-state index in [4.69, 9.17) is 18.6 Å². The molecule has 7 heteroatoms. The van der Waals surface area contributed by atoms with Gasteiger partial charge in [0.2, 0.25) is 5.75 Å². The molecule has 0 aliphatic rings. The fourth-order valence-corrected chi connectivity index (χ4v) is 2.83. The van der Waals surface area contributed by atoms with Crippen molar-refractivity contribution in [2.45, 2.75) is 52.4 Å². The molecule has 0 saturated carbocycles. The minimum absolute atomic E-state index is 0.0741. The third kappa shape index (κ3) is 6.18. The van der Waals surface area contributed by atoms with E-state index in [1.54, 1.807) is 18.2 Å². The molecule has 1 heterocycles. The molecule has 1 aromatic heterocycles. The van der Waals surface area contributed by atoms with Gasteiger partial charge in [0, 0.05) is 6.92 Å². The molecule has 1 aromatic carbocycles. The van der Waals surface area contributed by atoms with Crippen LogP contribution in [0.5, 0.6) is 17.2 Å². The van der Waals surface area contributed by atoms with Crippen molar-refractivity contribution < 1.29 is 28.5 Å². The molecule has 0 amide bonds. The van der Waals surface area contributed by atoms with Gasteiger partial charge in [0.25, 0.3) is 0 Å². The van der Waals surface area contributed by atoms with E-state index in [1.807, 2.05) is 0 Å². The molecule has 28 heavy (non-hydrogen) atoms. The molecule has 0 atom stereocenters. The van der Waals surface area contributed by atoms with E-state index in [0.29, 0.717) is 12.4 Å². The summed E-state index contributed by atoms with van der Waals surface area (Å²) < 4.78 is 21.2. The summed E-state index contributed by atoms with van der Waals surface area (Å²) in [5.41, 5.74) is -0.535. The number of aromatic hydroxyl groups is 1. The van der Waals surface area contributed by atoms with Crippen LogP contribution in [0.15, 0.2) is 27.4 Å². The van der Waals surface area contributed by atoms with Gasteiger partial charge in [-0.3, -0.25) is 4.79 Å². The maximum atomic E-state index is 12.2. The molecule has 0 radical (unpaired) electrons. The van der Waals surface area contributed by atoms with Gasteiger partial charge in [-0.05, 0) is 18.6 Å². The Hall–Kier alpha value is -2.70. The van der Waals surface area contributed by atoms with Crippen molar-refractivity contribution in [2.75, 3.05) is 19.8 Å². The average molecular weight is 392 g/mol. The number of hydrogen-bond acceptors (Lipinski definition) is 7. The van der Waals surface area contributed by atoms with Gasteiger partial charge < -0.3 is 23.7 Å². The van der Waals surface area contributed by atoms with E-state index in [2.05, 4.69) is 6.92 Å². The quantitative estimate of drug-likeness (QED) is 0.329. The third-order valence-electron chi connectivity index (χ3n) is 4.22. The van der Waals surface area contributed by atoms with Crippen LogP contribution in [0.3, 0.4) is 0 Å². The summed E-state index contributed by atoms with van der Waals surface area (Å²) in [6.45, 7) is 3.98. The van der Waals surface area contributed by atoms with Gasteiger partial charge in [-0.1, -0.05) is 45.1 Å². The maximum Gasteiger partial charge on any atom is 0.383 e. The Morgan fingerprint density at radius 1 is 1.04 bits per heavy atom. The van der Waals surface area contributed by atoms with E-state index < -0.39 is 11.6 Å². The number of ether oxygens (including phenoxy) is 3. The second-order valence-electron chi connectivity index (χ2n) is 6.50. The van der Waals surface area contributed by atoms with Crippen molar-refractivity contribution in [1.82, 2.24) is 0 Å². The standard InChI is InChI=1S/C21H28O7/c1-3-4-5-6-7-8-12-27-20-19(23)18-16(26-14-13-25-15(2)22)10-9-11-17(18)28-21(20)24/h9-11,23H,3-8,12-14H2,1-2H3. The number of fused-ring (bicyclic) bond motifs is 1. The Kier molecular flexibility index (Phi) is 8.65. The Labute approximate surface area is 164 Å². The van der Waals surface area contributed by atoms with E-state index in [9.17, 15) is 14.7 Å². The highest BCUT2D eigenvalue weighted by atomic mass is 16.6. The second kappa shape index (κ2) is 11.2. The van der Waals surface area contributed by atoms with Gasteiger partial charge in [-0.2, -0.15) is 0 Å². The summed E-state index contributed by atoms with van der Waals surface area (Å²) in [6, 6.07) is 4.84. The molecule has 0 spiro atoms. The van der Waals surface area contributed by atoms with Crippen molar-refractivity contribution in [3.05, 3.63) is 28.6 Å². The van der Waals surface area contributed by atoms with Gasteiger partial charge in [0.15, 0.2) is 5.75 Å². The van der Waals surface area contributed by atoms with Crippen molar-refractivity contribution >= 4 is 16.9 Å². The van der Waals surface area contributed by atoms with Crippen LogP contribution in [0.4, 0.5) is 0 Å². The van der Waals surface area contributed by atoms with E-state index in [-0.39, 0.29) is 35.7 Å². The first-order valence-electron chi connectivity index (χ1n) is 9.72. The number of hydrogen-bond donors (Lipinski definition) is 1. The van der Waals surface area contributed by atoms with E-state index in [0.717, 1.165) is 19.3 Å². The zero-order valence-corrected chi connectivity index (χ0v) is 16.5. The summed E-state index contributed by atoms with van der Waals surface area (Å²) in [5, 5.41) is 10.8. The molecule has 0 fully saturated rings. The first-order chi connectivity index (χ1) is 13.5. The summed E-state index contributed by atoms with van der Waals surface area (Å²) >= 11 is 0. The Morgan fingerprint density at radius 2 is 1.79 bits per heavy atom. The fourth-order valence-electron chi connectivity index (χ4n) is 2.83. The van der Waals surface area contributed by atoms with Crippen molar-refractivity contribution in [3.8, 4) is 17.2 Å². The zero-order chi connectivity index (χ0) is 20.4. The number of carbonyl (C=O) groups excluding carboxylic acids is 1. The number of rotatable bonds is 12. The van der Waals surface area contributed by atoms with Crippen LogP contribution in [0.1, 0.15) is 52.4 Å². The van der Waals surface area contributed by atoms with Gasteiger partial charge >= 0.3 is 11.6 Å². The summed E-state index contributed by atoms with van der Waals surface area (Å²) in [5.74, 6) is -0.603. The van der Waals surface area contributed by atoms with E-state index >= 15 is 0 Å². The highest BCUT2D eigenvalue weighted by Gasteiger charge is 2.19. The van der Waals surface area contributed by atoms with Crippen molar-refractivity contribution in [3.63, 3.8) is 0 Å². The van der Waals surface area contributed by atoms with Crippen LogP contribution in [-0.2, 0) is 9.53 Å². The number of unbranched alkanes of at least 4 members (excludes halogenated alkanes) is 5. The first kappa shape index (κ1) is 21.6. The molecule has 0 saturated heterocycles. The molecular weight excluding hydrogens is 364 g/mol. The van der Waals surface area contributed by atoms with Gasteiger partial charge in [-0.25, -0.2) is 4.79 Å². The smallest absolute Gasteiger partial charge is 0.383 e. The van der Waals surface area contributed by atoms with Crippen LogP contribution >= 0.6 is 0 Å². The average Bonchev–Trinajstić information content (AvgIpc) is 2.66. The Morgan fingerprint density at radius 3 is 2.54 bits per heavy atom. The minimum atomic E-state index is -0.729. The Balaban J connectivity index is 2.06. The number of esters is 1. The molecule has 0 aliphatic heterocycles. The molecule has 1 N–H and O–H groups in total. The topological polar surface area (TPSA) is 95.2 Å². The molecule has 7 nitrogen and oxygen atoms in total. The van der Waals surface area contributed by atoms with Gasteiger partial charge in [0.05, 0.1) is 6.61 Å². The van der Waals surface area contributed by atoms with Gasteiger partial charge in [0.1, 0.15) is 29.9 Å². The molecule has 2 rings (SSSR count). The summed E-state index contributed by atoms with van der Waals surface area (Å²) in [4.78, 5) is 23.0. The van der Waals surface area contributed by atoms with E-state index in [1.165, 1.54) is 26.2 Å². The van der Waals surface area contributed by atoms with Crippen molar-refractivity contribution in [1.29, 1.82) is 0 Å². The highest BCUT2D eigenvalue weighted by molar-refractivity contribution is 5.91. The molecule has 0 aliphatic carbocycles. The lowest BCUT2D eigenvalue weighted by Crippen LogP contribution is -2.11. The van der Waals surface area contributed by atoms with Crippen LogP contribution < -0.4 is 15.1 Å². The first-order valence-corrected chi connectivity index (χ1v) is 9.72. The van der Waals surface area contributed by atoms with Crippen LogP contribution in [0.25, 0.3) is 11.0 Å². The maximum absolute atomic E-state index is 12.2.